The molecule has 0 bridgehead atoms. The predicted octanol–water partition coefficient (Wildman–Crippen LogP) is 1.52. The molecule has 1 saturated heterocycles. The van der Waals surface area contributed by atoms with Crippen molar-refractivity contribution in [2.24, 2.45) is 0 Å². The van der Waals surface area contributed by atoms with Gasteiger partial charge in [0.1, 0.15) is 5.54 Å². The van der Waals surface area contributed by atoms with Crippen LogP contribution in [0.3, 0.4) is 0 Å². The standard InChI is InChI=1S/C15H18N2O6/c1-2-10-3-4-11(9-12(10)17(21)22)13(18)16-15(14(19)20)5-7-23-8-6-15/h3-4,9H,2,5-8H2,1H3,(H,16,18)(H,19,20). The molecule has 1 aliphatic heterocycles. The summed E-state index contributed by atoms with van der Waals surface area (Å²) in [5, 5.41) is 23.0. The van der Waals surface area contributed by atoms with Crippen molar-refractivity contribution >= 4 is 17.6 Å². The zero-order valence-electron chi connectivity index (χ0n) is 12.7. The number of nitro groups is 1. The quantitative estimate of drug-likeness (QED) is 0.626. The lowest BCUT2D eigenvalue weighted by atomic mass is 9.89. The Morgan fingerprint density at radius 1 is 1.39 bits per heavy atom. The van der Waals surface area contributed by atoms with Crippen LogP contribution in [0.25, 0.3) is 0 Å². The molecule has 1 aromatic carbocycles. The van der Waals surface area contributed by atoms with Crippen LogP contribution in [0.4, 0.5) is 5.69 Å². The van der Waals surface area contributed by atoms with E-state index in [9.17, 15) is 24.8 Å². The molecule has 0 spiro atoms. The van der Waals surface area contributed by atoms with Crippen molar-refractivity contribution in [2.75, 3.05) is 13.2 Å². The van der Waals surface area contributed by atoms with Gasteiger partial charge >= 0.3 is 5.97 Å². The molecular weight excluding hydrogens is 304 g/mol. The molecule has 0 radical (unpaired) electrons. The molecule has 1 heterocycles. The van der Waals surface area contributed by atoms with Crippen LogP contribution in [0, 0.1) is 10.1 Å². The van der Waals surface area contributed by atoms with Gasteiger partial charge in [-0.05, 0) is 12.5 Å². The first-order valence-corrected chi connectivity index (χ1v) is 7.30. The van der Waals surface area contributed by atoms with Crippen LogP contribution >= 0.6 is 0 Å². The molecule has 8 heteroatoms. The molecule has 23 heavy (non-hydrogen) atoms. The molecular formula is C15H18N2O6. The SMILES string of the molecule is CCc1ccc(C(=O)NC2(C(=O)O)CCOCC2)cc1[N+](=O)[O-]. The van der Waals surface area contributed by atoms with E-state index >= 15 is 0 Å². The van der Waals surface area contributed by atoms with Gasteiger partial charge in [0.2, 0.25) is 0 Å². The number of nitro benzene ring substituents is 1. The number of carbonyl (C=O) groups excluding carboxylic acids is 1. The lowest BCUT2D eigenvalue weighted by Crippen LogP contribution is -2.57. The number of nitrogens with zero attached hydrogens (tertiary/aromatic N) is 1. The molecule has 0 aromatic heterocycles. The van der Waals surface area contributed by atoms with Crippen molar-refractivity contribution in [1.82, 2.24) is 5.32 Å². The Morgan fingerprint density at radius 2 is 2.04 bits per heavy atom. The number of carbonyl (C=O) groups is 2. The minimum atomic E-state index is -1.40. The van der Waals surface area contributed by atoms with Gasteiger partial charge < -0.3 is 15.2 Å². The molecule has 1 aromatic rings. The third kappa shape index (κ3) is 3.48. The van der Waals surface area contributed by atoms with Crippen molar-refractivity contribution in [1.29, 1.82) is 0 Å². The molecule has 2 N–H and O–H groups in total. The molecule has 0 unspecified atom stereocenters. The molecule has 0 aliphatic carbocycles. The zero-order chi connectivity index (χ0) is 17.0. The van der Waals surface area contributed by atoms with E-state index in [0.717, 1.165) is 0 Å². The summed E-state index contributed by atoms with van der Waals surface area (Å²) < 4.78 is 5.14. The van der Waals surface area contributed by atoms with Gasteiger partial charge in [0.05, 0.1) is 4.92 Å². The summed E-state index contributed by atoms with van der Waals surface area (Å²) >= 11 is 0. The van der Waals surface area contributed by atoms with Crippen LogP contribution in [0.15, 0.2) is 18.2 Å². The highest BCUT2D eigenvalue weighted by Gasteiger charge is 2.41. The summed E-state index contributed by atoms with van der Waals surface area (Å²) in [5.41, 5.74) is -0.948. The molecule has 1 aliphatic rings. The Bertz CT molecular complexity index is 637. The third-order valence-corrected chi connectivity index (χ3v) is 4.03. The summed E-state index contributed by atoms with van der Waals surface area (Å²) in [6.07, 6.45) is 0.779. The number of rotatable bonds is 5. The number of carboxylic acids is 1. The predicted molar refractivity (Wildman–Crippen MR) is 80.4 cm³/mol. The van der Waals surface area contributed by atoms with E-state index in [1.807, 2.05) is 0 Å². The summed E-state index contributed by atoms with van der Waals surface area (Å²) in [6, 6.07) is 4.17. The Morgan fingerprint density at radius 3 is 2.57 bits per heavy atom. The van der Waals surface area contributed by atoms with Gasteiger partial charge in [-0.15, -0.1) is 0 Å². The average Bonchev–Trinajstić information content (AvgIpc) is 2.54. The number of aryl methyl sites for hydroxylation is 1. The first-order chi connectivity index (χ1) is 10.9. The van der Waals surface area contributed by atoms with E-state index in [0.29, 0.717) is 12.0 Å². The molecule has 0 saturated carbocycles. The number of carboxylic acid groups (broad SMARTS) is 1. The zero-order valence-corrected chi connectivity index (χ0v) is 12.7. The fraction of sp³-hybridized carbons (Fsp3) is 0.467. The van der Waals surface area contributed by atoms with Gasteiger partial charge in [-0.2, -0.15) is 0 Å². The smallest absolute Gasteiger partial charge is 0.329 e. The van der Waals surface area contributed by atoms with Crippen LogP contribution in [-0.4, -0.2) is 40.7 Å². The van der Waals surface area contributed by atoms with Crippen LogP contribution < -0.4 is 5.32 Å². The van der Waals surface area contributed by atoms with Crippen molar-refractivity contribution in [3.8, 4) is 0 Å². The Kier molecular flexibility index (Phi) is 4.95. The Labute approximate surface area is 132 Å². The number of benzene rings is 1. The maximum Gasteiger partial charge on any atom is 0.329 e. The number of ether oxygens (including phenoxy) is 1. The van der Waals surface area contributed by atoms with E-state index in [-0.39, 0.29) is 37.3 Å². The third-order valence-electron chi connectivity index (χ3n) is 4.03. The van der Waals surface area contributed by atoms with E-state index in [4.69, 9.17) is 4.74 Å². The molecule has 1 fully saturated rings. The Balaban J connectivity index is 2.27. The molecule has 124 valence electrons. The largest absolute Gasteiger partial charge is 0.480 e. The van der Waals surface area contributed by atoms with E-state index in [1.165, 1.54) is 18.2 Å². The van der Waals surface area contributed by atoms with Crippen LogP contribution in [0.2, 0.25) is 0 Å². The van der Waals surface area contributed by atoms with E-state index in [2.05, 4.69) is 5.32 Å². The highest BCUT2D eigenvalue weighted by molar-refractivity contribution is 5.98. The Hall–Kier alpha value is -2.48. The first-order valence-electron chi connectivity index (χ1n) is 7.30. The maximum atomic E-state index is 12.4. The van der Waals surface area contributed by atoms with Gasteiger partial charge in [-0.1, -0.05) is 13.0 Å². The van der Waals surface area contributed by atoms with E-state index in [1.54, 1.807) is 6.92 Å². The number of nitrogens with one attached hydrogen (secondary N) is 1. The van der Waals surface area contributed by atoms with E-state index < -0.39 is 22.3 Å². The summed E-state index contributed by atoms with van der Waals surface area (Å²) in [4.78, 5) is 34.4. The molecule has 0 atom stereocenters. The minimum Gasteiger partial charge on any atom is -0.480 e. The van der Waals surface area contributed by atoms with Crippen LogP contribution in [0.1, 0.15) is 35.7 Å². The van der Waals surface area contributed by atoms with Crippen molar-refractivity contribution in [3.63, 3.8) is 0 Å². The molecule has 1 amide bonds. The number of hydrogen-bond donors (Lipinski definition) is 2. The lowest BCUT2D eigenvalue weighted by Gasteiger charge is -2.33. The summed E-state index contributed by atoms with van der Waals surface area (Å²) in [5.74, 6) is -1.77. The molecule has 2 rings (SSSR count). The van der Waals surface area contributed by atoms with Crippen LogP contribution in [-0.2, 0) is 16.0 Å². The van der Waals surface area contributed by atoms with Crippen LogP contribution in [0.5, 0.6) is 0 Å². The number of aliphatic carboxylic acids is 1. The molecule has 8 nitrogen and oxygen atoms in total. The highest BCUT2D eigenvalue weighted by atomic mass is 16.6. The van der Waals surface area contributed by atoms with Gasteiger partial charge in [-0.25, -0.2) is 4.79 Å². The summed E-state index contributed by atoms with van der Waals surface area (Å²) in [6.45, 7) is 2.26. The summed E-state index contributed by atoms with van der Waals surface area (Å²) in [7, 11) is 0. The van der Waals surface area contributed by atoms with Gasteiger partial charge in [0, 0.05) is 43.2 Å². The fourth-order valence-electron chi connectivity index (χ4n) is 2.58. The normalized spacial score (nSPS) is 16.6. The second kappa shape index (κ2) is 6.74. The fourth-order valence-corrected chi connectivity index (χ4v) is 2.58. The number of amides is 1. The van der Waals surface area contributed by atoms with Crippen molar-refractivity contribution in [3.05, 3.63) is 39.4 Å². The van der Waals surface area contributed by atoms with Gasteiger partial charge in [-0.3, -0.25) is 14.9 Å². The first kappa shape index (κ1) is 16.9. The number of hydrogen-bond acceptors (Lipinski definition) is 5. The average molecular weight is 322 g/mol. The minimum absolute atomic E-state index is 0.0704. The second-order valence-electron chi connectivity index (χ2n) is 5.41. The topological polar surface area (TPSA) is 119 Å². The van der Waals surface area contributed by atoms with Gasteiger partial charge in [0.25, 0.3) is 11.6 Å². The maximum absolute atomic E-state index is 12.4. The van der Waals surface area contributed by atoms with Crippen molar-refractivity contribution in [2.45, 2.75) is 31.7 Å². The van der Waals surface area contributed by atoms with Crippen molar-refractivity contribution < 1.29 is 24.4 Å². The monoisotopic (exact) mass is 322 g/mol. The van der Waals surface area contributed by atoms with Gasteiger partial charge in [0.15, 0.2) is 0 Å². The lowest BCUT2D eigenvalue weighted by molar-refractivity contribution is -0.385. The second-order valence-corrected chi connectivity index (χ2v) is 5.41. The highest BCUT2D eigenvalue weighted by Crippen LogP contribution is 2.24.